The molecule has 5 nitrogen and oxygen atoms in total. The van der Waals surface area contributed by atoms with Gasteiger partial charge in [-0.15, -0.1) is 0 Å². The van der Waals surface area contributed by atoms with Crippen LogP contribution in [0.25, 0.3) is 0 Å². The van der Waals surface area contributed by atoms with Gasteiger partial charge in [-0.1, -0.05) is 18.2 Å². The molecule has 0 aliphatic rings. The van der Waals surface area contributed by atoms with Crippen LogP contribution in [0.5, 0.6) is 0 Å². The van der Waals surface area contributed by atoms with Gasteiger partial charge in [-0.05, 0) is 12.1 Å². The van der Waals surface area contributed by atoms with Crippen molar-refractivity contribution in [2.45, 2.75) is 6.42 Å². The average Bonchev–Trinajstić information content (AvgIpc) is 2.77. The summed E-state index contributed by atoms with van der Waals surface area (Å²) in [5, 5.41) is 8.64. The van der Waals surface area contributed by atoms with E-state index in [1.54, 1.807) is 4.90 Å². The summed E-state index contributed by atoms with van der Waals surface area (Å²) >= 11 is 0. The Morgan fingerprint density at radius 3 is 2.76 bits per heavy atom. The summed E-state index contributed by atoms with van der Waals surface area (Å²) in [6, 6.07) is 9.96. The normalized spacial score (nSPS) is 10.2. The molecule has 0 radical (unpaired) electrons. The van der Waals surface area contributed by atoms with Crippen LogP contribution in [0.1, 0.15) is 5.69 Å². The van der Waals surface area contributed by atoms with Crippen LogP contribution in [-0.2, 0) is 11.2 Å². The molecule has 0 aliphatic heterocycles. The van der Waals surface area contributed by atoms with Crippen molar-refractivity contribution in [2.75, 3.05) is 11.9 Å². The summed E-state index contributed by atoms with van der Waals surface area (Å²) in [6.07, 6.45) is 1.23. The van der Waals surface area contributed by atoms with Crippen molar-refractivity contribution >= 4 is 17.7 Å². The quantitative estimate of drug-likeness (QED) is 0.874. The Morgan fingerprint density at radius 2 is 2.12 bits per heavy atom. The number of oxazole rings is 1. The van der Waals surface area contributed by atoms with Crippen LogP contribution >= 0.6 is 0 Å². The predicted octanol–water partition coefficient (Wildman–Crippen LogP) is 2.07. The highest BCUT2D eigenvalue weighted by molar-refractivity contribution is 5.69. The Labute approximate surface area is 98.3 Å². The van der Waals surface area contributed by atoms with Gasteiger partial charge in [0.05, 0.1) is 12.1 Å². The lowest BCUT2D eigenvalue weighted by atomic mass is 10.3. The first kappa shape index (κ1) is 11.2. The van der Waals surface area contributed by atoms with Crippen LogP contribution in [0.3, 0.4) is 0 Å². The van der Waals surface area contributed by atoms with Crippen LogP contribution in [0.4, 0.5) is 11.7 Å². The van der Waals surface area contributed by atoms with Crippen LogP contribution < -0.4 is 4.90 Å². The van der Waals surface area contributed by atoms with E-state index in [9.17, 15) is 4.79 Å². The predicted molar refractivity (Wildman–Crippen MR) is 62.3 cm³/mol. The maximum atomic E-state index is 10.5. The number of carbonyl (C=O) groups is 1. The number of benzene rings is 1. The van der Waals surface area contributed by atoms with E-state index in [4.69, 9.17) is 9.52 Å². The van der Waals surface area contributed by atoms with Crippen LogP contribution in [0, 0.1) is 0 Å². The number of carboxylic acids is 1. The molecule has 0 unspecified atom stereocenters. The topological polar surface area (TPSA) is 66.6 Å². The van der Waals surface area contributed by atoms with Gasteiger partial charge in [-0.2, -0.15) is 4.98 Å². The Kier molecular flexibility index (Phi) is 3.09. The minimum atomic E-state index is -0.924. The van der Waals surface area contributed by atoms with E-state index in [-0.39, 0.29) is 6.42 Å². The highest BCUT2D eigenvalue weighted by atomic mass is 16.4. The summed E-state index contributed by atoms with van der Waals surface area (Å²) in [5.74, 6) is -0.924. The molecule has 0 saturated heterocycles. The van der Waals surface area contributed by atoms with Gasteiger partial charge in [0.1, 0.15) is 6.26 Å². The second-order valence-corrected chi connectivity index (χ2v) is 3.59. The summed E-state index contributed by atoms with van der Waals surface area (Å²) in [5.41, 5.74) is 1.34. The standard InChI is InChI=1S/C12H12N2O3/c1-14(10-5-3-2-4-6-10)12-13-9(8-17-12)7-11(15)16/h2-6,8H,7H2,1H3,(H,15,16). The molecule has 2 aromatic rings. The molecular formula is C12H12N2O3. The van der Waals surface area contributed by atoms with Gasteiger partial charge in [-0.25, -0.2) is 0 Å². The van der Waals surface area contributed by atoms with Crippen molar-refractivity contribution in [3.63, 3.8) is 0 Å². The van der Waals surface area contributed by atoms with Gasteiger partial charge >= 0.3 is 12.0 Å². The van der Waals surface area contributed by atoms with Gasteiger partial charge in [0.2, 0.25) is 0 Å². The Bertz CT molecular complexity index is 507. The minimum absolute atomic E-state index is 0.133. The number of aromatic nitrogens is 1. The van der Waals surface area contributed by atoms with Crippen molar-refractivity contribution in [3.8, 4) is 0 Å². The van der Waals surface area contributed by atoms with E-state index in [0.29, 0.717) is 11.7 Å². The molecule has 1 N–H and O–H groups in total. The van der Waals surface area contributed by atoms with Gasteiger partial charge < -0.3 is 9.52 Å². The van der Waals surface area contributed by atoms with Gasteiger partial charge in [-0.3, -0.25) is 9.69 Å². The van der Waals surface area contributed by atoms with E-state index in [0.717, 1.165) is 5.69 Å². The van der Waals surface area contributed by atoms with Crippen molar-refractivity contribution < 1.29 is 14.3 Å². The number of aliphatic carboxylic acids is 1. The second kappa shape index (κ2) is 4.69. The third-order valence-electron chi connectivity index (χ3n) is 2.30. The van der Waals surface area contributed by atoms with Crippen molar-refractivity contribution in [1.82, 2.24) is 4.98 Å². The van der Waals surface area contributed by atoms with Gasteiger partial charge in [0.15, 0.2) is 0 Å². The first-order valence-corrected chi connectivity index (χ1v) is 5.12. The number of para-hydroxylation sites is 1. The minimum Gasteiger partial charge on any atom is -0.481 e. The molecule has 0 amide bonds. The van der Waals surface area contributed by atoms with Crippen molar-refractivity contribution in [3.05, 3.63) is 42.3 Å². The lowest BCUT2D eigenvalue weighted by Gasteiger charge is -2.13. The number of rotatable bonds is 4. The number of hydrogen-bond donors (Lipinski definition) is 1. The average molecular weight is 232 g/mol. The van der Waals surface area contributed by atoms with E-state index in [1.807, 2.05) is 37.4 Å². The maximum Gasteiger partial charge on any atom is 0.309 e. The molecule has 2 rings (SSSR count). The summed E-state index contributed by atoms with van der Waals surface area (Å²) < 4.78 is 5.23. The molecule has 0 spiro atoms. The fourth-order valence-electron chi connectivity index (χ4n) is 1.45. The fraction of sp³-hybridized carbons (Fsp3) is 0.167. The smallest absolute Gasteiger partial charge is 0.309 e. The largest absolute Gasteiger partial charge is 0.481 e. The lowest BCUT2D eigenvalue weighted by molar-refractivity contribution is -0.136. The number of nitrogens with zero attached hydrogens (tertiary/aromatic N) is 2. The molecule has 1 heterocycles. The zero-order valence-electron chi connectivity index (χ0n) is 9.33. The molecule has 1 aromatic carbocycles. The summed E-state index contributed by atoms with van der Waals surface area (Å²) in [6.45, 7) is 0. The summed E-state index contributed by atoms with van der Waals surface area (Å²) in [4.78, 5) is 16.4. The Hall–Kier alpha value is -2.30. The maximum absolute atomic E-state index is 10.5. The lowest BCUT2D eigenvalue weighted by Crippen LogP contribution is -2.10. The molecule has 5 heteroatoms. The van der Waals surface area contributed by atoms with E-state index >= 15 is 0 Å². The first-order chi connectivity index (χ1) is 8.16. The van der Waals surface area contributed by atoms with Crippen LogP contribution in [-0.4, -0.2) is 23.1 Å². The highest BCUT2D eigenvalue weighted by Gasteiger charge is 2.12. The molecular weight excluding hydrogens is 220 g/mol. The molecule has 0 atom stereocenters. The zero-order chi connectivity index (χ0) is 12.3. The molecule has 0 fully saturated rings. The molecule has 88 valence electrons. The molecule has 0 aliphatic carbocycles. The Morgan fingerprint density at radius 1 is 1.41 bits per heavy atom. The number of anilines is 2. The molecule has 1 aromatic heterocycles. The zero-order valence-corrected chi connectivity index (χ0v) is 9.33. The van der Waals surface area contributed by atoms with E-state index < -0.39 is 5.97 Å². The van der Waals surface area contributed by atoms with Crippen molar-refractivity contribution in [2.24, 2.45) is 0 Å². The highest BCUT2D eigenvalue weighted by Crippen LogP contribution is 2.22. The fourth-order valence-corrected chi connectivity index (χ4v) is 1.45. The monoisotopic (exact) mass is 232 g/mol. The third-order valence-corrected chi connectivity index (χ3v) is 2.30. The van der Waals surface area contributed by atoms with Gasteiger partial charge in [0, 0.05) is 12.7 Å². The SMILES string of the molecule is CN(c1ccccc1)c1nc(CC(=O)O)co1. The van der Waals surface area contributed by atoms with Gasteiger partial charge in [0.25, 0.3) is 0 Å². The number of carboxylic acid groups (broad SMARTS) is 1. The number of hydrogen-bond acceptors (Lipinski definition) is 4. The first-order valence-electron chi connectivity index (χ1n) is 5.12. The van der Waals surface area contributed by atoms with Crippen LogP contribution in [0.2, 0.25) is 0 Å². The Balaban J connectivity index is 2.17. The third kappa shape index (κ3) is 2.63. The molecule has 17 heavy (non-hydrogen) atoms. The van der Waals surface area contributed by atoms with Crippen LogP contribution in [0.15, 0.2) is 41.0 Å². The van der Waals surface area contributed by atoms with Crippen molar-refractivity contribution in [1.29, 1.82) is 0 Å². The molecule has 0 bridgehead atoms. The molecule has 0 saturated carbocycles. The second-order valence-electron chi connectivity index (χ2n) is 3.59. The van der Waals surface area contributed by atoms with E-state index in [2.05, 4.69) is 4.98 Å². The van der Waals surface area contributed by atoms with E-state index in [1.165, 1.54) is 6.26 Å². The summed E-state index contributed by atoms with van der Waals surface area (Å²) in [7, 11) is 1.81.